The molecule has 1 heterocycles. The number of carboxylic acids is 1. The predicted molar refractivity (Wildman–Crippen MR) is 79.0 cm³/mol. The molecule has 0 radical (unpaired) electrons. The summed E-state index contributed by atoms with van der Waals surface area (Å²) in [5, 5.41) is 11.4. The zero-order valence-corrected chi connectivity index (χ0v) is 12.1. The SMILES string of the molecule is O=C(O)CC(NC(=O)OCc1ccccc1)c1ccc(F)nc1. The number of nitrogens with zero attached hydrogens (tertiary/aromatic N) is 1. The van der Waals surface area contributed by atoms with Crippen LogP contribution in [0.4, 0.5) is 9.18 Å². The van der Waals surface area contributed by atoms with Crippen LogP contribution < -0.4 is 5.32 Å². The van der Waals surface area contributed by atoms with Gasteiger partial charge in [0.25, 0.3) is 0 Å². The van der Waals surface area contributed by atoms with Gasteiger partial charge in [0.05, 0.1) is 12.5 Å². The van der Waals surface area contributed by atoms with Crippen molar-refractivity contribution in [1.82, 2.24) is 10.3 Å². The lowest BCUT2D eigenvalue weighted by Gasteiger charge is -2.17. The number of carbonyl (C=O) groups is 2. The van der Waals surface area contributed by atoms with Crippen molar-refractivity contribution in [3.8, 4) is 0 Å². The van der Waals surface area contributed by atoms with Crippen molar-refractivity contribution in [3.63, 3.8) is 0 Å². The number of aromatic nitrogens is 1. The van der Waals surface area contributed by atoms with Crippen molar-refractivity contribution < 1.29 is 23.8 Å². The molecule has 23 heavy (non-hydrogen) atoms. The minimum absolute atomic E-state index is 0.0636. The van der Waals surface area contributed by atoms with Gasteiger partial charge in [-0.2, -0.15) is 4.39 Å². The highest BCUT2D eigenvalue weighted by molar-refractivity contribution is 5.71. The van der Waals surface area contributed by atoms with Crippen molar-refractivity contribution in [2.45, 2.75) is 19.1 Å². The van der Waals surface area contributed by atoms with Gasteiger partial charge in [0.15, 0.2) is 0 Å². The smallest absolute Gasteiger partial charge is 0.407 e. The second kappa shape index (κ2) is 7.88. The summed E-state index contributed by atoms with van der Waals surface area (Å²) in [6, 6.07) is 10.7. The van der Waals surface area contributed by atoms with Crippen LogP contribution in [0.15, 0.2) is 48.7 Å². The molecule has 0 aliphatic heterocycles. The molecule has 0 fully saturated rings. The molecule has 2 rings (SSSR count). The van der Waals surface area contributed by atoms with Crippen molar-refractivity contribution in [3.05, 3.63) is 65.7 Å². The summed E-state index contributed by atoms with van der Waals surface area (Å²) in [5.41, 5.74) is 1.19. The lowest BCUT2D eigenvalue weighted by Crippen LogP contribution is -2.30. The van der Waals surface area contributed by atoms with E-state index >= 15 is 0 Å². The topological polar surface area (TPSA) is 88.5 Å². The van der Waals surface area contributed by atoms with Gasteiger partial charge in [-0.15, -0.1) is 0 Å². The number of hydrogen-bond donors (Lipinski definition) is 2. The van der Waals surface area contributed by atoms with E-state index in [4.69, 9.17) is 9.84 Å². The number of amides is 1. The second-order valence-electron chi connectivity index (χ2n) is 4.77. The number of aliphatic carboxylic acids is 1. The predicted octanol–water partition coefficient (Wildman–Crippen LogP) is 2.66. The molecule has 0 bridgehead atoms. The molecule has 1 amide bonds. The van der Waals surface area contributed by atoms with Gasteiger partial charge in [-0.25, -0.2) is 9.78 Å². The second-order valence-corrected chi connectivity index (χ2v) is 4.77. The van der Waals surface area contributed by atoms with Crippen LogP contribution >= 0.6 is 0 Å². The van der Waals surface area contributed by atoms with E-state index in [1.807, 2.05) is 18.2 Å². The van der Waals surface area contributed by atoms with Crippen LogP contribution in [0, 0.1) is 5.95 Å². The fourth-order valence-corrected chi connectivity index (χ4v) is 1.93. The summed E-state index contributed by atoms with van der Waals surface area (Å²) in [7, 11) is 0. The van der Waals surface area contributed by atoms with Crippen LogP contribution in [0.2, 0.25) is 0 Å². The number of rotatable bonds is 6. The highest BCUT2D eigenvalue weighted by Crippen LogP contribution is 2.16. The summed E-state index contributed by atoms with van der Waals surface area (Å²) in [4.78, 5) is 26.2. The quantitative estimate of drug-likeness (QED) is 0.799. The molecule has 1 aromatic carbocycles. The van der Waals surface area contributed by atoms with E-state index in [1.54, 1.807) is 12.1 Å². The minimum atomic E-state index is -1.11. The van der Waals surface area contributed by atoms with Gasteiger partial charge < -0.3 is 15.2 Å². The zero-order valence-electron chi connectivity index (χ0n) is 12.1. The summed E-state index contributed by atoms with van der Waals surface area (Å²) < 4.78 is 17.9. The highest BCUT2D eigenvalue weighted by Gasteiger charge is 2.19. The van der Waals surface area contributed by atoms with E-state index < -0.39 is 24.1 Å². The first-order chi connectivity index (χ1) is 11.0. The molecule has 120 valence electrons. The molecular weight excluding hydrogens is 303 g/mol. The average Bonchev–Trinajstić information content (AvgIpc) is 2.53. The van der Waals surface area contributed by atoms with Crippen LogP contribution in [-0.4, -0.2) is 22.2 Å². The van der Waals surface area contributed by atoms with E-state index in [0.29, 0.717) is 5.56 Å². The van der Waals surface area contributed by atoms with Gasteiger partial charge in [0.1, 0.15) is 6.61 Å². The van der Waals surface area contributed by atoms with Crippen LogP contribution in [0.3, 0.4) is 0 Å². The summed E-state index contributed by atoms with van der Waals surface area (Å²) in [6.07, 6.45) is 0.0539. The monoisotopic (exact) mass is 318 g/mol. The third-order valence-electron chi connectivity index (χ3n) is 3.04. The standard InChI is InChI=1S/C16H15FN2O4/c17-14-7-6-12(9-18-14)13(8-15(20)21)19-16(22)23-10-11-4-2-1-3-5-11/h1-7,9,13H,8,10H2,(H,19,22)(H,20,21). The molecule has 1 atom stereocenters. The van der Waals surface area contributed by atoms with Crippen molar-refractivity contribution >= 4 is 12.1 Å². The average molecular weight is 318 g/mol. The summed E-state index contributed by atoms with van der Waals surface area (Å²) >= 11 is 0. The number of carbonyl (C=O) groups excluding carboxylic acids is 1. The Kier molecular flexibility index (Phi) is 5.62. The van der Waals surface area contributed by atoms with Gasteiger partial charge in [0.2, 0.25) is 5.95 Å². The molecule has 0 aliphatic carbocycles. The van der Waals surface area contributed by atoms with E-state index in [0.717, 1.165) is 11.6 Å². The van der Waals surface area contributed by atoms with E-state index in [1.165, 1.54) is 12.3 Å². The molecule has 0 saturated carbocycles. The number of nitrogens with one attached hydrogen (secondary N) is 1. The first kappa shape index (κ1) is 16.4. The molecule has 1 aromatic heterocycles. The summed E-state index contributed by atoms with van der Waals surface area (Å²) in [5.74, 6) is -1.79. The van der Waals surface area contributed by atoms with Crippen LogP contribution in [0.25, 0.3) is 0 Å². The number of carboxylic acid groups (broad SMARTS) is 1. The lowest BCUT2D eigenvalue weighted by molar-refractivity contribution is -0.137. The maximum atomic E-state index is 12.8. The van der Waals surface area contributed by atoms with Crippen LogP contribution in [0.5, 0.6) is 0 Å². The van der Waals surface area contributed by atoms with Gasteiger partial charge >= 0.3 is 12.1 Å². The maximum absolute atomic E-state index is 12.8. The van der Waals surface area contributed by atoms with E-state index in [2.05, 4.69) is 10.3 Å². The molecule has 0 aliphatic rings. The Labute approximate surface area is 131 Å². The number of alkyl carbamates (subject to hydrolysis) is 1. The number of halogens is 1. The normalized spacial score (nSPS) is 11.5. The number of hydrogen-bond acceptors (Lipinski definition) is 4. The molecule has 2 N–H and O–H groups in total. The van der Waals surface area contributed by atoms with E-state index in [9.17, 15) is 14.0 Å². The molecule has 2 aromatic rings. The largest absolute Gasteiger partial charge is 0.481 e. The van der Waals surface area contributed by atoms with Crippen molar-refractivity contribution in [2.75, 3.05) is 0 Å². The summed E-state index contributed by atoms with van der Waals surface area (Å²) in [6.45, 7) is 0.0636. The Morgan fingerprint density at radius 1 is 1.22 bits per heavy atom. The Balaban J connectivity index is 1.98. The minimum Gasteiger partial charge on any atom is -0.481 e. The third-order valence-corrected chi connectivity index (χ3v) is 3.04. The van der Waals surface area contributed by atoms with Gasteiger partial charge in [-0.1, -0.05) is 36.4 Å². The maximum Gasteiger partial charge on any atom is 0.407 e. The number of ether oxygens (including phenoxy) is 1. The molecule has 6 nitrogen and oxygen atoms in total. The fraction of sp³-hybridized carbons (Fsp3) is 0.188. The first-order valence-electron chi connectivity index (χ1n) is 6.85. The number of pyridine rings is 1. The van der Waals surface area contributed by atoms with Crippen molar-refractivity contribution in [2.24, 2.45) is 0 Å². The van der Waals surface area contributed by atoms with Crippen molar-refractivity contribution in [1.29, 1.82) is 0 Å². The third kappa shape index (κ3) is 5.39. The Bertz CT molecular complexity index is 662. The van der Waals surface area contributed by atoms with Gasteiger partial charge in [-0.3, -0.25) is 4.79 Å². The molecular formula is C16H15FN2O4. The Morgan fingerprint density at radius 2 is 1.96 bits per heavy atom. The molecule has 0 spiro atoms. The van der Waals surface area contributed by atoms with E-state index in [-0.39, 0.29) is 13.0 Å². The first-order valence-corrected chi connectivity index (χ1v) is 6.85. The number of benzene rings is 1. The lowest BCUT2D eigenvalue weighted by atomic mass is 10.1. The molecule has 1 unspecified atom stereocenters. The highest BCUT2D eigenvalue weighted by atomic mass is 19.1. The Hall–Kier alpha value is -2.96. The van der Waals surface area contributed by atoms with Crippen LogP contribution in [0.1, 0.15) is 23.6 Å². The molecule has 0 saturated heterocycles. The van der Waals surface area contributed by atoms with Gasteiger partial charge in [0, 0.05) is 6.20 Å². The Morgan fingerprint density at radius 3 is 2.57 bits per heavy atom. The molecule has 7 heteroatoms. The fourth-order valence-electron chi connectivity index (χ4n) is 1.93. The van der Waals surface area contributed by atoms with Gasteiger partial charge in [-0.05, 0) is 17.2 Å². The zero-order chi connectivity index (χ0) is 16.7. The van der Waals surface area contributed by atoms with Crippen LogP contribution in [-0.2, 0) is 16.1 Å².